The monoisotopic (exact) mass is 198 g/mol. The molecular formula is C11H18O3. The van der Waals surface area contributed by atoms with Crippen molar-refractivity contribution in [2.45, 2.75) is 44.0 Å². The second kappa shape index (κ2) is 3.19. The van der Waals surface area contributed by atoms with Gasteiger partial charge in [0.25, 0.3) is 0 Å². The van der Waals surface area contributed by atoms with E-state index in [0.717, 1.165) is 12.8 Å². The van der Waals surface area contributed by atoms with Gasteiger partial charge < -0.3 is 14.6 Å². The Morgan fingerprint density at radius 1 is 1.07 bits per heavy atom. The molecule has 1 spiro atoms. The molecular weight excluding hydrogens is 180 g/mol. The minimum absolute atomic E-state index is 0.200. The van der Waals surface area contributed by atoms with Crippen molar-refractivity contribution >= 4 is 0 Å². The maximum atomic E-state index is 10.0. The molecule has 3 nitrogen and oxygen atoms in total. The molecule has 2 saturated carbocycles. The summed E-state index contributed by atoms with van der Waals surface area (Å²) < 4.78 is 11.5. The van der Waals surface area contributed by atoms with Crippen molar-refractivity contribution in [2.24, 2.45) is 11.8 Å². The van der Waals surface area contributed by atoms with Gasteiger partial charge in [-0.3, -0.25) is 0 Å². The van der Waals surface area contributed by atoms with E-state index in [2.05, 4.69) is 0 Å². The zero-order valence-corrected chi connectivity index (χ0v) is 8.45. The number of rotatable bonds is 0. The number of fused-ring (bicyclic) bond motifs is 2. The summed E-state index contributed by atoms with van der Waals surface area (Å²) in [6.45, 7) is 1.41. The van der Waals surface area contributed by atoms with Gasteiger partial charge in [-0.15, -0.1) is 0 Å². The van der Waals surface area contributed by atoms with Crippen molar-refractivity contribution in [3.05, 3.63) is 0 Å². The number of hydrogen-bond donors (Lipinski definition) is 1. The molecule has 3 rings (SSSR count). The zero-order chi connectivity index (χ0) is 9.60. The maximum Gasteiger partial charge on any atom is 0.174 e. The third-order valence-electron chi connectivity index (χ3n) is 4.14. The first kappa shape index (κ1) is 9.13. The Balaban J connectivity index is 1.86. The molecule has 0 unspecified atom stereocenters. The molecule has 0 aromatic rings. The highest BCUT2D eigenvalue weighted by Gasteiger charge is 2.56. The molecule has 0 bridgehead atoms. The highest BCUT2D eigenvalue weighted by Crippen LogP contribution is 2.51. The number of aliphatic hydroxyl groups is 1. The van der Waals surface area contributed by atoms with Gasteiger partial charge in [-0.05, 0) is 25.2 Å². The van der Waals surface area contributed by atoms with Crippen molar-refractivity contribution < 1.29 is 14.6 Å². The highest BCUT2D eigenvalue weighted by molar-refractivity contribution is 4.99. The van der Waals surface area contributed by atoms with Gasteiger partial charge in [0, 0.05) is 12.3 Å². The van der Waals surface area contributed by atoms with Gasteiger partial charge in [-0.2, -0.15) is 0 Å². The van der Waals surface area contributed by atoms with E-state index in [0.29, 0.717) is 19.1 Å². The summed E-state index contributed by atoms with van der Waals surface area (Å²) in [5.41, 5.74) is 0. The molecule has 0 amide bonds. The van der Waals surface area contributed by atoms with Crippen molar-refractivity contribution in [1.82, 2.24) is 0 Å². The van der Waals surface area contributed by atoms with E-state index in [1.54, 1.807) is 0 Å². The lowest BCUT2D eigenvalue weighted by atomic mass is 9.77. The van der Waals surface area contributed by atoms with Crippen LogP contribution in [0.1, 0.15) is 32.1 Å². The number of ether oxygens (including phenoxy) is 2. The number of aliphatic hydroxyl groups excluding tert-OH is 1. The lowest BCUT2D eigenvalue weighted by Gasteiger charge is -2.38. The van der Waals surface area contributed by atoms with Crippen LogP contribution in [0, 0.1) is 11.8 Å². The van der Waals surface area contributed by atoms with Crippen molar-refractivity contribution in [2.75, 3.05) is 13.2 Å². The molecule has 3 aliphatic rings. The average molecular weight is 198 g/mol. The van der Waals surface area contributed by atoms with Crippen LogP contribution in [0.2, 0.25) is 0 Å². The molecule has 3 heteroatoms. The Bertz CT molecular complexity index is 223. The summed E-state index contributed by atoms with van der Waals surface area (Å²) in [6, 6.07) is 0. The largest absolute Gasteiger partial charge is 0.393 e. The molecule has 0 aromatic heterocycles. The Hall–Kier alpha value is -0.120. The van der Waals surface area contributed by atoms with Crippen LogP contribution in [0.5, 0.6) is 0 Å². The van der Waals surface area contributed by atoms with Crippen LogP contribution < -0.4 is 0 Å². The van der Waals surface area contributed by atoms with Crippen LogP contribution in [0.25, 0.3) is 0 Å². The maximum absolute atomic E-state index is 10.0. The minimum atomic E-state index is -0.398. The molecule has 0 radical (unpaired) electrons. The summed E-state index contributed by atoms with van der Waals surface area (Å²) in [5.74, 6) is 0.487. The first-order valence-corrected chi connectivity index (χ1v) is 5.78. The standard InChI is InChI=1S/C11H18O3/c12-9-3-1-2-8-4-5-11(10(8)9)13-6-7-14-11/h8-10,12H,1-7H2/t8-,9-,10+/m0/s1. The SMILES string of the molecule is O[C@H]1CCC[C@H]2CCC3(OCCO3)[C@H]21. The van der Waals surface area contributed by atoms with E-state index in [1.807, 2.05) is 0 Å². The van der Waals surface area contributed by atoms with Gasteiger partial charge >= 0.3 is 0 Å². The van der Waals surface area contributed by atoms with Crippen molar-refractivity contribution in [3.63, 3.8) is 0 Å². The predicted octanol–water partition coefficient (Wildman–Crippen LogP) is 1.30. The fraction of sp³-hybridized carbons (Fsp3) is 1.00. The van der Waals surface area contributed by atoms with Gasteiger partial charge in [-0.1, -0.05) is 6.42 Å². The fourth-order valence-electron chi connectivity index (χ4n) is 3.60. The average Bonchev–Trinajstić information content (AvgIpc) is 2.77. The van der Waals surface area contributed by atoms with Crippen LogP contribution in [0.15, 0.2) is 0 Å². The molecule has 1 saturated heterocycles. The van der Waals surface area contributed by atoms with Crippen LogP contribution in [-0.2, 0) is 9.47 Å². The van der Waals surface area contributed by atoms with Crippen molar-refractivity contribution in [1.29, 1.82) is 0 Å². The zero-order valence-electron chi connectivity index (χ0n) is 8.45. The molecule has 3 atom stereocenters. The van der Waals surface area contributed by atoms with Gasteiger partial charge in [-0.25, -0.2) is 0 Å². The van der Waals surface area contributed by atoms with Crippen molar-refractivity contribution in [3.8, 4) is 0 Å². The molecule has 3 fully saturated rings. The Labute approximate surface area is 84.4 Å². The van der Waals surface area contributed by atoms with E-state index in [4.69, 9.17) is 9.47 Å². The van der Waals surface area contributed by atoms with E-state index < -0.39 is 5.79 Å². The third-order valence-corrected chi connectivity index (χ3v) is 4.14. The lowest BCUT2D eigenvalue weighted by Crippen LogP contribution is -2.45. The smallest absolute Gasteiger partial charge is 0.174 e. The second-order valence-corrected chi connectivity index (χ2v) is 4.83. The topological polar surface area (TPSA) is 38.7 Å². The van der Waals surface area contributed by atoms with E-state index in [-0.39, 0.29) is 12.0 Å². The lowest BCUT2D eigenvalue weighted by molar-refractivity contribution is -0.212. The fourth-order valence-corrected chi connectivity index (χ4v) is 3.60. The van der Waals surface area contributed by atoms with Gasteiger partial charge in [0.2, 0.25) is 0 Å². The van der Waals surface area contributed by atoms with E-state index in [9.17, 15) is 5.11 Å². The molecule has 1 heterocycles. The Morgan fingerprint density at radius 3 is 2.64 bits per heavy atom. The van der Waals surface area contributed by atoms with Crippen LogP contribution >= 0.6 is 0 Å². The summed E-state index contributed by atoms with van der Waals surface area (Å²) in [6.07, 6.45) is 5.29. The number of hydrogen-bond acceptors (Lipinski definition) is 3. The summed E-state index contributed by atoms with van der Waals surface area (Å²) in [5, 5.41) is 10.0. The van der Waals surface area contributed by atoms with Gasteiger partial charge in [0.15, 0.2) is 5.79 Å². The Morgan fingerprint density at radius 2 is 1.86 bits per heavy atom. The minimum Gasteiger partial charge on any atom is -0.393 e. The first-order chi connectivity index (χ1) is 6.82. The highest BCUT2D eigenvalue weighted by atomic mass is 16.7. The quantitative estimate of drug-likeness (QED) is 0.637. The van der Waals surface area contributed by atoms with E-state index in [1.165, 1.54) is 19.3 Å². The molecule has 0 aromatic carbocycles. The first-order valence-electron chi connectivity index (χ1n) is 5.78. The molecule has 1 aliphatic heterocycles. The van der Waals surface area contributed by atoms with Crippen LogP contribution in [0.4, 0.5) is 0 Å². The van der Waals surface area contributed by atoms with Gasteiger partial charge in [0.1, 0.15) is 0 Å². The summed E-state index contributed by atoms with van der Waals surface area (Å²) in [7, 11) is 0. The van der Waals surface area contributed by atoms with E-state index >= 15 is 0 Å². The third kappa shape index (κ3) is 1.16. The predicted molar refractivity (Wildman–Crippen MR) is 50.7 cm³/mol. The molecule has 2 aliphatic carbocycles. The summed E-state index contributed by atoms with van der Waals surface area (Å²) >= 11 is 0. The molecule has 80 valence electrons. The normalized spacial score (nSPS) is 45.6. The van der Waals surface area contributed by atoms with Gasteiger partial charge in [0.05, 0.1) is 19.3 Å². The Kier molecular flexibility index (Phi) is 2.08. The summed E-state index contributed by atoms with van der Waals surface area (Å²) in [4.78, 5) is 0. The van der Waals surface area contributed by atoms with Crippen LogP contribution in [0.3, 0.4) is 0 Å². The van der Waals surface area contributed by atoms with Crippen LogP contribution in [-0.4, -0.2) is 30.2 Å². The second-order valence-electron chi connectivity index (χ2n) is 4.83. The molecule has 14 heavy (non-hydrogen) atoms. The molecule has 1 N–H and O–H groups in total.